The Hall–Kier alpha value is -1.66. The Morgan fingerprint density at radius 1 is 1.33 bits per heavy atom. The normalized spacial score (nSPS) is 22.8. The summed E-state index contributed by atoms with van der Waals surface area (Å²) < 4.78 is 10.3. The Morgan fingerprint density at radius 3 is 2.81 bits per heavy atom. The van der Waals surface area contributed by atoms with Gasteiger partial charge in [0.25, 0.3) is 5.89 Å². The van der Waals surface area contributed by atoms with Crippen molar-refractivity contribution < 1.29 is 14.0 Å². The third-order valence-electron chi connectivity index (χ3n) is 4.32. The van der Waals surface area contributed by atoms with E-state index in [2.05, 4.69) is 22.1 Å². The maximum Gasteiger partial charge on any atom is 0.261 e. The summed E-state index contributed by atoms with van der Waals surface area (Å²) in [5.41, 5.74) is 0.805. The lowest BCUT2D eigenvalue weighted by atomic mass is 9.86. The fourth-order valence-corrected chi connectivity index (χ4v) is 2.94. The van der Waals surface area contributed by atoms with Gasteiger partial charge in [-0.3, -0.25) is 4.90 Å². The van der Waals surface area contributed by atoms with Crippen LogP contribution in [0.2, 0.25) is 0 Å². The minimum Gasteiger partial charge on any atom is -0.472 e. The lowest BCUT2D eigenvalue weighted by Crippen LogP contribution is -2.35. The first-order valence-electron chi connectivity index (χ1n) is 7.42. The molecular formula is C15H21N3O3. The van der Waals surface area contributed by atoms with E-state index in [0.717, 1.165) is 31.2 Å². The van der Waals surface area contributed by atoms with Gasteiger partial charge in [0.05, 0.1) is 18.4 Å². The topological polar surface area (TPSA) is 75.5 Å². The fraction of sp³-hybridized carbons (Fsp3) is 0.600. The molecule has 1 saturated carbocycles. The Labute approximate surface area is 123 Å². The smallest absolute Gasteiger partial charge is 0.261 e. The first-order valence-corrected chi connectivity index (χ1v) is 7.42. The number of aliphatic hydroxyl groups excluding tert-OH is 1. The van der Waals surface area contributed by atoms with Crippen molar-refractivity contribution >= 4 is 0 Å². The van der Waals surface area contributed by atoms with Crippen LogP contribution in [0.4, 0.5) is 0 Å². The van der Waals surface area contributed by atoms with Crippen LogP contribution in [0, 0.1) is 5.92 Å². The van der Waals surface area contributed by atoms with Crippen LogP contribution in [-0.4, -0.2) is 39.8 Å². The number of furan rings is 1. The maximum atomic E-state index is 9.19. The number of nitrogens with zero attached hydrogens (tertiary/aromatic N) is 3. The molecule has 0 bridgehead atoms. The molecule has 1 aliphatic rings. The molecule has 6 nitrogen and oxygen atoms in total. The van der Waals surface area contributed by atoms with Gasteiger partial charge >= 0.3 is 0 Å². The molecule has 21 heavy (non-hydrogen) atoms. The van der Waals surface area contributed by atoms with Gasteiger partial charge in [-0.2, -0.15) is 4.98 Å². The lowest BCUT2D eigenvalue weighted by Gasteiger charge is -2.33. The number of rotatable bonds is 5. The van der Waals surface area contributed by atoms with Crippen LogP contribution in [0.15, 0.2) is 27.5 Å². The molecule has 0 aromatic carbocycles. The van der Waals surface area contributed by atoms with Gasteiger partial charge in [0.1, 0.15) is 6.26 Å². The standard InChI is InChI=1S/C15H21N3O3/c1-18(13-4-2-11(9-19)3-5-13)8-14-16-15(21-17-14)12-6-7-20-10-12/h6-7,10-11,13,19H,2-5,8-9H2,1H3. The molecule has 1 fully saturated rings. The summed E-state index contributed by atoms with van der Waals surface area (Å²) in [5, 5.41) is 13.2. The van der Waals surface area contributed by atoms with Crippen molar-refractivity contribution in [2.75, 3.05) is 13.7 Å². The molecule has 2 aromatic heterocycles. The molecule has 1 N–H and O–H groups in total. The van der Waals surface area contributed by atoms with E-state index in [9.17, 15) is 5.11 Å². The van der Waals surface area contributed by atoms with Gasteiger partial charge < -0.3 is 14.0 Å². The Balaban J connectivity index is 1.57. The SMILES string of the molecule is CN(Cc1noc(-c2ccoc2)n1)C1CCC(CO)CC1. The zero-order valence-electron chi connectivity index (χ0n) is 12.2. The highest BCUT2D eigenvalue weighted by atomic mass is 16.5. The Kier molecular flexibility index (Phi) is 4.36. The first kappa shape index (κ1) is 14.3. The van der Waals surface area contributed by atoms with Gasteiger partial charge in [-0.1, -0.05) is 5.16 Å². The molecule has 2 aromatic rings. The van der Waals surface area contributed by atoms with Crippen molar-refractivity contribution in [2.24, 2.45) is 5.92 Å². The van der Waals surface area contributed by atoms with Gasteiger partial charge in [-0.15, -0.1) is 0 Å². The molecule has 3 rings (SSSR count). The predicted molar refractivity (Wildman–Crippen MR) is 76.3 cm³/mol. The van der Waals surface area contributed by atoms with E-state index in [0.29, 0.717) is 36.8 Å². The van der Waals surface area contributed by atoms with E-state index < -0.39 is 0 Å². The molecular weight excluding hydrogens is 270 g/mol. The molecule has 0 unspecified atom stereocenters. The van der Waals surface area contributed by atoms with Gasteiger partial charge in [0.15, 0.2) is 5.82 Å². The summed E-state index contributed by atoms with van der Waals surface area (Å²) in [6.45, 7) is 0.991. The molecule has 0 aliphatic heterocycles. The quantitative estimate of drug-likeness (QED) is 0.911. The molecule has 114 valence electrons. The Morgan fingerprint density at radius 2 is 2.14 bits per heavy atom. The number of hydrogen-bond acceptors (Lipinski definition) is 6. The van der Waals surface area contributed by atoms with E-state index in [-0.39, 0.29) is 0 Å². The van der Waals surface area contributed by atoms with Gasteiger partial charge in [-0.05, 0) is 44.7 Å². The van der Waals surface area contributed by atoms with Crippen LogP contribution < -0.4 is 0 Å². The van der Waals surface area contributed by atoms with E-state index in [1.165, 1.54) is 0 Å². The summed E-state index contributed by atoms with van der Waals surface area (Å²) in [5.74, 6) is 1.67. The van der Waals surface area contributed by atoms with Gasteiger partial charge in [-0.25, -0.2) is 0 Å². The summed E-state index contributed by atoms with van der Waals surface area (Å²) >= 11 is 0. The predicted octanol–water partition coefficient (Wildman–Crippen LogP) is 2.31. The molecule has 0 radical (unpaired) electrons. The van der Waals surface area contributed by atoms with Crippen molar-refractivity contribution in [3.05, 3.63) is 24.4 Å². The minimum absolute atomic E-state index is 0.315. The summed E-state index contributed by atoms with van der Waals surface area (Å²) in [7, 11) is 2.10. The molecule has 0 amide bonds. The van der Waals surface area contributed by atoms with Crippen molar-refractivity contribution in [3.63, 3.8) is 0 Å². The highest BCUT2D eigenvalue weighted by Gasteiger charge is 2.24. The minimum atomic E-state index is 0.315. The van der Waals surface area contributed by atoms with Crippen LogP contribution in [0.3, 0.4) is 0 Å². The molecule has 0 spiro atoms. The maximum absolute atomic E-state index is 9.19. The number of aliphatic hydroxyl groups is 1. The van der Waals surface area contributed by atoms with Gasteiger partial charge in [0, 0.05) is 12.6 Å². The highest BCUT2D eigenvalue weighted by molar-refractivity contribution is 5.49. The fourth-order valence-electron chi connectivity index (χ4n) is 2.94. The van der Waals surface area contributed by atoms with E-state index in [1.54, 1.807) is 18.6 Å². The van der Waals surface area contributed by atoms with Crippen molar-refractivity contribution in [1.82, 2.24) is 15.0 Å². The zero-order valence-corrected chi connectivity index (χ0v) is 12.2. The van der Waals surface area contributed by atoms with E-state index >= 15 is 0 Å². The summed E-state index contributed by atoms with van der Waals surface area (Å²) in [4.78, 5) is 6.67. The van der Waals surface area contributed by atoms with E-state index in [4.69, 9.17) is 8.94 Å². The van der Waals surface area contributed by atoms with Crippen LogP contribution in [0.1, 0.15) is 31.5 Å². The summed E-state index contributed by atoms with van der Waals surface area (Å²) in [6.07, 6.45) is 7.61. The molecule has 6 heteroatoms. The lowest BCUT2D eigenvalue weighted by molar-refractivity contribution is 0.122. The Bertz CT molecular complexity index is 544. The van der Waals surface area contributed by atoms with Crippen molar-refractivity contribution in [1.29, 1.82) is 0 Å². The first-order chi connectivity index (χ1) is 10.3. The summed E-state index contributed by atoms with van der Waals surface area (Å²) in [6, 6.07) is 2.33. The second kappa shape index (κ2) is 6.41. The average Bonchev–Trinajstić information content (AvgIpc) is 3.18. The van der Waals surface area contributed by atoms with E-state index in [1.807, 2.05) is 0 Å². The van der Waals surface area contributed by atoms with Gasteiger partial charge in [0.2, 0.25) is 0 Å². The number of aromatic nitrogens is 2. The number of hydrogen-bond donors (Lipinski definition) is 1. The molecule has 2 heterocycles. The zero-order chi connectivity index (χ0) is 14.7. The van der Waals surface area contributed by atoms with Crippen LogP contribution in [0.5, 0.6) is 0 Å². The second-order valence-electron chi connectivity index (χ2n) is 5.80. The van der Waals surface area contributed by atoms with Crippen molar-refractivity contribution in [2.45, 2.75) is 38.3 Å². The molecule has 0 saturated heterocycles. The third-order valence-corrected chi connectivity index (χ3v) is 4.32. The molecule has 1 aliphatic carbocycles. The van der Waals surface area contributed by atoms with Crippen LogP contribution in [0.25, 0.3) is 11.5 Å². The third kappa shape index (κ3) is 3.33. The molecule has 0 atom stereocenters. The van der Waals surface area contributed by atoms with Crippen LogP contribution >= 0.6 is 0 Å². The monoisotopic (exact) mass is 291 g/mol. The largest absolute Gasteiger partial charge is 0.472 e. The second-order valence-corrected chi connectivity index (χ2v) is 5.80. The van der Waals surface area contributed by atoms with Crippen LogP contribution in [-0.2, 0) is 6.54 Å². The van der Waals surface area contributed by atoms with Crippen molar-refractivity contribution in [3.8, 4) is 11.5 Å². The average molecular weight is 291 g/mol. The highest BCUT2D eigenvalue weighted by Crippen LogP contribution is 2.27.